The summed E-state index contributed by atoms with van der Waals surface area (Å²) < 4.78 is 6.07. The molecule has 1 fully saturated rings. The van der Waals surface area contributed by atoms with Gasteiger partial charge in [-0.05, 0) is 46.6 Å². The van der Waals surface area contributed by atoms with Crippen molar-refractivity contribution in [2.24, 2.45) is 0 Å². The summed E-state index contributed by atoms with van der Waals surface area (Å²) in [6.07, 6.45) is 4.73. The van der Waals surface area contributed by atoms with Crippen LogP contribution in [0, 0.1) is 0 Å². The van der Waals surface area contributed by atoms with E-state index in [4.69, 9.17) is 4.42 Å². The van der Waals surface area contributed by atoms with Gasteiger partial charge in [-0.2, -0.15) is 0 Å². The maximum atomic E-state index is 12.6. The number of carbonyl (C=O) groups is 2. The predicted molar refractivity (Wildman–Crippen MR) is 77.1 cm³/mol. The highest BCUT2D eigenvalue weighted by Crippen LogP contribution is 2.30. The van der Waals surface area contributed by atoms with Crippen LogP contribution in [0.15, 0.2) is 45.7 Å². The van der Waals surface area contributed by atoms with E-state index in [9.17, 15) is 9.59 Å². The van der Waals surface area contributed by atoms with Gasteiger partial charge >= 0.3 is 6.03 Å². The van der Waals surface area contributed by atoms with Crippen molar-refractivity contribution in [3.05, 3.63) is 52.7 Å². The summed E-state index contributed by atoms with van der Waals surface area (Å²) in [6.45, 7) is 1.79. The summed E-state index contributed by atoms with van der Waals surface area (Å²) in [7, 11) is 0. The van der Waals surface area contributed by atoms with Crippen LogP contribution in [0.2, 0.25) is 0 Å². The van der Waals surface area contributed by atoms with Crippen LogP contribution in [0.5, 0.6) is 0 Å². The number of urea groups is 1. The number of hydrogen-bond acceptors (Lipinski definition) is 4. The smallest absolute Gasteiger partial charge is 0.325 e. The molecular weight excluding hydrogens is 338 g/mol. The third-order valence-corrected chi connectivity index (χ3v) is 3.82. The molecule has 1 aliphatic rings. The Morgan fingerprint density at radius 1 is 1.43 bits per heavy atom. The van der Waals surface area contributed by atoms with Gasteiger partial charge in [0.2, 0.25) is 0 Å². The van der Waals surface area contributed by atoms with E-state index in [-0.39, 0.29) is 12.5 Å². The fourth-order valence-corrected chi connectivity index (χ4v) is 2.71. The minimum Gasteiger partial charge on any atom is -0.466 e. The molecule has 3 heterocycles. The quantitative estimate of drug-likeness (QED) is 0.863. The van der Waals surface area contributed by atoms with Gasteiger partial charge in [-0.3, -0.25) is 14.7 Å². The largest absolute Gasteiger partial charge is 0.466 e. The lowest BCUT2D eigenvalue weighted by Crippen LogP contribution is -2.40. The number of aromatic nitrogens is 1. The molecular formula is C14H12BrN3O3. The summed E-state index contributed by atoms with van der Waals surface area (Å²) in [5, 5.41) is 2.68. The maximum absolute atomic E-state index is 12.6. The highest BCUT2D eigenvalue weighted by molar-refractivity contribution is 9.10. The molecule has 21 heavy (non-hydrogen) atoms. The van der Waals surface area contributed by atoms with Crippen molar-refractivity contribution in [1.29, 1.82) is 0 Å². The Hall–Kier alpha value is -2.15. The van der Waals surface area contributed by atoms with E-state index >= 15 is 0 Å². The third kappa shape index (κ3) is 2.33. The summed E-state index contributed by atoms with van der Waals surface area (Å²) in [6, 6.07) is 4.72. The molecule has 1 saturated heterocycles. The highest BCUT2D eigenvalue weighted by atomic mass is 79.9. The summed E-state index contributed by atoms with van der Waals surface area (Å²) in [4.78, 5) is 29.9. The average molecular weight is 350 g/mol. The van der Waals surface area contributed by atoms with Crippen molar-refractivity contribution in [2.75, 3.05) is 0 Å². The molecule has 0 aliphatic carbocycles. The van der Waals surface area contributed by atoms with Crippen LogP contribution in [0.25, 0.3) is 0 Å². The van der Waals surface area contributed by atoms with Crippen molar-refractivity contribution in [3.8, 4) is 0 Å². The molecule has 2 aromatic heterocycles. The lowest BCUT2D eigenvalue weighted by atomic mass is 9.99. The van der Waals surface area contributed by atoms with Crippen LogP contribution >= 0.6 is 15.9 Å². The van der Waals surface area contributed by atoms with Gasteiger partial charge in [0.25, 0.3) is 5.91 Å². The van der Waals surface area contributed by atoms with Crippen molar-refractivity contribution in [3.63, 3.8) is 0 Å². The van der Waals surface area contributed by atoms with E-state index < -0.39 is 11.6 Å². The van der Waals surface area contributed by atoms with E-state index in [0.29, 0.717) is 5.76 Å². The predicted octanol–water partition coefficient (Wildman–Crippen LogP) is 2.40. The molecule has 0 bridgehead atoms. The molecule has 1 N–H and O–H groups in total. The molecule has 1 unspecified atom stereocenters. The first kappa shape index (κ1) is 13.8. The summed E-state index contributed by atoms with van der Waals surface area (Å²) >= 11 is 3.31. The van der Waals surface area contributed by atoms with Crippen LogP contribution < -0.4 is 5.32 Å². The van der Waals surface area contributed by atoms with E-state index in [1.165, 1.54) is 6.26 Å². The lowest BCUT2D eigenvalue weighted by Gasteiger charge is -2.19. The van der Waals surface area contributed by atoms with Gasteiger partial charge in [0, 0.05) is 16.9 Å². The second kappa shape index (κ2) is 5.00. The Morgan fingerprint density at radius 3 is 2.90 bits per heavy atom. The third-order valence-electron chi connectivity index (χ3n) is 3.39. The monoisotopic (exact) mass is 349 g/mol. The number of hydrogen-bond donors (Lipinski definition) is 1. The molecule has 6 nitrogen and oxygen atoms in total. The average Bonchev–Trinajstić information content (AvgIpc) is 3.04. The molecule has 1 aliphatic heterocycles. The number of nitrogens with zero attached hydrogens (tertiary/aromatic N) is 2. The van der Waals surface area contributed by atoms with Crippen LogP contribution in [0.4, 0.5) is 4.79 Å². The van der Waals surface area contributed by atoms with Gasteiger partial charge in [-0.15, -0.1) is 0 Å². The van der Waals surface area contributed by atoms with Crippen molar-refractivity contribution in [2.45, 2.75) is 19.0 Å². The molecule has 7 heteroatoms. The number of furan rings is 1. The van der Waals surface area contributed by atoms with E-state index in [2.05, 4.69) is 26.2 Å². The first-order valence-electron chi connectivity index (χ1n) is 6.28. The van der Waals surface area contributed by atoms with E-state index in [1.807, 2.05) is 6.07 Å². The first-order chi connectivity index (χ1) is 10.0. The van der Waals surface area contributed by atoms with E-state index in [0.717, 1.165) is 14.9 Å². The number of imide groups is 1. The second-order valence-electron chi connectivity index (χ2n) is 4.94. The van der Waals surface area contributed by atoms with Gasteiger partial charge in [-0.25, -0.2) is 4.79 Å². The first-order valence-corrected chi connectivity index (χ1v) is 7.07. The number of carbonyl (C=O) groups excluding carboxylic acids is 2. The maximum Gasteiger partial charge on any atom is 0.325 e. The number of halogens is 1. The number of rotatable bonds is 3. The number of amides is 3. The van der Waals surface area contributed by atoms with Gasteiger partial charge in [0.1, 0.15) is 5.76 Å². The zero-order valence-corrected chi connectivity index (χ0v) is 12.8. The molecule has 1 atom stereocenters. The molecule has 3 amide bonds. The standard InChI is InChI=1S/C14H12BrN3O3/c1-14(11-3-2-4-21-11)12(19)18(13(20)17-14)8-9-5-10(15)7-16-6-9/h2-7H,8H2,1H3,(H,17,20). The van der Waals surface area contributed by atoms with E-state index in [1.54, 1.807) is 31.5 Å². The Morgan fingerprint density at radius 2 is 2.24 bits per heavy atom. The Bertz CT molecular complexity index is 701. The fourth-order valence-electron chi connectivity index (χ4n) is 2.30. The number of pyridine rings is 1. The SMILES string of the molecule is CC1(c2ccco2)NC(=O)N(Cc2cncc(Br)c2)C1=O. The summed E-state index contributed by atoms with van der Waals surface area (Å²) in [5.74, 6) is 0.0677. The molecule has 2 aromatic rings. The topological polar surface area (TPSA) is 75.4 Å². The van der Waals surface area contributed by atoms with Crippen molar-refractivity contribution < 1.29 is 14.0 Å². The lowest BCUT2D eigenvalue weighted by molar-refractivity contribution is -0.132. The Kier molecular flexibility index (Phi) is 3.29. The zero-order chi connectivity index (χ0) is 15.0. The van der Waals surface area contributed by atoms with Gasteiger partial charge in [0.15, 0.2) is 5.54 Å². The Balaban J connectivity index is 1.88. The number of nitrogens with one attached hydrogen (secondary N) is 1. The van der Waals surface area contributed by atoms with Gasteiger partial charge in [0.05, 0.1) is 12.8 Å². The van der Waals surface area contributed by atoms with Crippen LogP contribution in [0.3, 0.4) is 0 Å². The molecule has 0 saturated carbocycles. The molecule has 108 valence electrons. The highest BCUT2D eigenvalue weighted by Gasteiger charge is 2.50. The fraction of sp³-hybridized carbons (Fsp3) is 0.214. The molecule has 0 spiro atoms. The molecule has 0 radical (unpaired) electrons. The van der Waals surface area contributed by atoms with Gasteiger partial charge < -0.3 is 9.73 Å². The van der Waals surface area contributed by atoms with Crippen molar-refractivity contribution in [1.82, 2.24) is 15.2 Å². The van der Waals surface area contributed by atoms with Gasteiger partial charge in [-0.1, -0.05) is 0 Å². The normalized spacial score (nSPS) is 21.7. The van der Waals surface area contributed by atoms with Crippen molar-refractivity contribution >= 4 is 27.9 Å². The second-order valence-corrected chi connectivity index (χ2v) is 5.85. The molecule has 0 aromatic carbocycles. The summed E-state index contributed by atoms with van der Waals surface area (Å²) in [5.41, 5.74) is -0.406. The molecule has 3 rings (SSSR count). The van der Waals surface area contributed by atoms with Crippen LogP contribution in [-0.2, 0) is 16.9 Å². The Labute approximate surface area is 129 Å². The minimum atomic E-state index is -1.17. The van der Waals surface area contributed by atoms with Crippen LogP contribution in [-0.4, -0.2) is 21.8 Å². The van der Waals surface area contributed by atoms with Crippen LogP contribution in [0.1, 0.15) is 18.2 Å². The zero-order valence-electron chi connectivity index (χ0n) is 11.2. The minimum absolute atomic E-state index is 0.160.